The Hall–Kier alpha value is -2.91. The van der Waals surface area contributed by atoms with Gasteiger partial charge in [-0.1, -0.05) is 97.1 Å². The molecule has 3 aromatic carbocycles. The Morgan fingerprint density at radius 3 is 1.86 bits per heavy atom. The Kier molecular flexibility index (Phi) is 5.54. The monoisotopic (exact) mass is 384 g/mol. The highest BCUT2D eigenvalue weighted by molar-refractivity contribution is 8.05. The van der Waals surface area contributed by atoms with Crippen molar-refractivity contribution in [2.45, 2.75) is 17.6 Å². The summed E-state index contributed by atoms with van der Waals surface area (Å²) < 4.78 is 0. The lowest BCUT2D eigenvalue weighted by Crippen LogP contribution is -2.28. The Morgan fingerprint density at radius 2 is 1.25 bits per heavy atom. The first-order valence-electron chi connectivity index (χ1n) is 9.35. The molecule has 0 aromatic heterocycles. The molecular weight excluding hydrogens is 364 g/mol. The van der Waals surface area contributed by atoms with Crippen LogP contribution in [0.2, 0.25) is 0 Å². The maximum atomic E-state index is 13.3. The molecule has 0 radical (unpaired) electrons. The van der Waals surface area contributed by atoms with Crippen molar-refractivity contribution in [1.82, 2.24) is 0 Å². The molecular formula is C25H20O2S. The minimum atomic E-state index is -0.322. The average Bonchev–Trinajstić information content (AvgIpc) is 2.79. The van der Waals surface area contributed by atoms with Gasteiger partial charge in [-0.15, -0.1) is 11.8 Å². The lowest BCUT2D eigenvalue weighted by atomic mass is 9.87. The molecule has 1 heterocycles. The fraction of sp³-hybridized carbons (Fsp3) is 0.120. The smallest absolute Gasteiger partial charge is 0.199 e. The number of carbonyl (C=O) groups excluding carboxylic acids is 2. The first kappa shape index (κ1) is 18.5. The third-order valence-corrected chi connectivity index (χ3v) is 6.38. The molecule has 0 fully saturated rings. The van der Waals surface area contributed by atoms with Crippen molar-refractivity contribution in [3.8, 4) is 0 Å². The average molecular weight is 385 g/mol. The number of allylic oxidation sites excluding steroid dienone is 2. The van der Waals surface area contributed by atoms with E-state index in [9.17, 15) is 9.59 Å². The Balaban J connectivity index is 1.68. The number of carbonyl (C=O) groups is 2. The summed E-state index contributed by atoms with van der Waals surface area (Å²) in [5.41, 5.74) is 2.48. The summed E-state index contributed by atoms with van der Waals surface area (Å²) in [5.74, 6) is 0.111. The maximum absolute atomic E-state index is 13.3. The van der Waals surface area contributed by atoms with Crippen LogP contribution in [0.15, 0.2) is 102 Å². The summed E-state index contributed by atoms with van der Waals surface area (Å²) in [6, 6.07) is 28.7. The predicted molar refractivity (Wildman–Crippen MR) is 115 cm³/mol. The summed E-state index contributed by atoms with van der Waals surface area (Å²) in [6.07, 6.45) is 2.67. The highest BCUT2D eigenvalue weighted by atomic mass is 32.2. The van der Waals surface area contributed by atoms with Crippen molar-refractivity contribution in [2.75, 3.05) is 0 Å². The molecule has 0 amide bonds. The van der Waals surface area contributed by atoms with Crippen LogP contribution in [-0.4, -0.2) is 16.8 Å². The molecule has 0 saturated carbocycles. The quantitative estimate of drug-likeness (QED) is 0.512. The van der Waals surface area contributed by atoms with Crippen molar-refractivity contribution in [2.24, 2.45) is 0 Å². The fourth-order valence-electron chi connectivity index (χ4n) is 3.52. The van der Waals surface area contributed by atoms with Gasteiger partial charge in [-0.3, -0.25) is 9.59 Å². The van der Waals surface area contributed by atoms with E-state index < -0.39 is 0 Å². The van der Waals surface area contributed by atoms with E-state index in [2.05, 4.69) is 12.1 Å². The molecule has 1 aliphatic heterocycles. The van der Waals surface area contributed by atoms with Gasteiger partial charge >= 0.3 is 0 Å². The van der Waals surface area contributed by atoms with E-state index in [1.54, 1.807) is 0 Å². The van der Waals surface area contributed by atoms with Crippen molar-refractivity contribution in [3.05, 3.63) is 119 Å². The molecule has 0 bridgehead atoms. The van der Waals surface area contributed by atoms with Gasteiger partial charge in [0.05, 0.1) is 10.2 Å². The Morgan fingerprint density at radius 1 is 0.714 bits per heavy atom. The van der Waals surface area contributed by atoms with Gasteiger partial charge in [0.15, 0.2) is 11.6 Å². The second-order valence-corrected chi connectivity index (χ2v) is 7.97. The summed E-state index contributed by atoms with van der Waals surface area (Å²) in [6.45, 7) is 0. The van der Waals surface area contributed by atoms with Crippen LogP contribution >= 0.6 is 11.8 Å². The first-order valence-corrected chi connectivity index (χ1v) is 10.2. The molecule has 0 N–H and O–H groups in total. The van der Waals surface area contributed by atoms with Gasteiger partial charge in [-0.2, -0.15) is 0 Å². The number of hydrogen-bond donors (Lipinski definition) is 0. The zero-order valence-electron chi connectivity index (χ0n) is 15.3. The highest BCUT2D eigenvalue weighted by Gasteiger charge is 2.35. The molecule has 138 valence electrons. The van der Waals surface area contributed by atoms with E-state index in [-0.39, 0.29) is 22.7 Å². The number of hydrogen-bond acceptors (Lipinski definition) is 3. The third-order valence-electron chi connectivity index (χ3n) is 4.98. The van der Waals surface area contributed by atoms with Crippen molar-refractivity contribution >= 4 is 23.3 Å². The maximum Gasteiger partial charge on any atom is 0.199 e. The van der Waals surface area contributed by atoms with Crippen LogP contribution < -0.4 is 0 Å². The normalized spacial score (nSPS) is 18.9. The SMILES string of the molecule is O=C(C1=CC[C@@H](c2ccccc2)[C@H](C(=O)c2ccccc2)S1)c1ccccc1. The van der Waals surface area contributed by atoms with Crippen LogP contribution in [-0.2, 0) is 0 Å². The van der Waals surface area contributed by atoms with Crippen LogP contribution in [0.1, 0.15) is 38.6 Å². The summed E-state index contributed by atoms with van der Waals surface area (Å²) in [7, 11) is 0. The van der Waals surface area contributed by atoms with Gasteiger partial charge in [-0.05, 0) is 12.0 Å². The second kappa shape index (κ2) is 8.41. The molecule has 4 rings (SSSR count). The number of rotatable bonds is 5. The molecule has 0 aliphatic carbocycles. The van der Waals surface area contributed by atoms with E-state index in [0.717, 1.165) is 5.56 Å². The highest BCUT2D eigenvalue weighted by Crippen LogP contribution is 2.43. The second-order valence-electron chi connectivity index (χ2n) is 6.79. The lowest BCUT2D eigenvalue weighted by Gasteiger charge is -2.30. The topological polar surface area (TPSA) is 34.1 Å². The van der Waals surface area contributed by atoms with E-state index in [0.29, 0.717) is 22.5 Å². The first-order chi connectivity index (χ1) is 13.7. The molecule has 2 nitrogen and oxygen atoms in total. The number of Topliss-reactive ketones (excluding diaryl/α,β-unsaturated/α-hetero) is 2. The fourth-order valence-corrected chi connectivity index (χ4v) is 4.88. The van der Waals surface area contributed by atoms with Crippen LogP contribution in [0.4, 0.5) is 0 Å². The number of benzene rings is 3. The largest absolute Gasteiger partial charge is 0.293 e. The molecule has 3 aromatic rings. The van der Waals surface area contributed by atoms with E-state index in [1.165, 1.54) is 11.8 Å². The molecule has 28 heavy (non-hydrogen) atoms. The van der Waals surface area contributed by atoms with E-state index >= 15 is 0 Å². The minimum absolute atomic E-state index is 0.0111. The van der Waals surface area contributed by atoms with E-state index in [4.69, 9.17) is 0 Å². The number of thioether (sulfide) groups is 1. The van der Waals surface area contributed by atoms with Gasteiger partial charge in [0.25, 0.3) is 0 Å². The molecule has 0 spiro atoms. The minimum Gasteiger partial charge on any atom is -0.293 e. The number of ketones is 2. The third kappa shape index (κ3) is 3.85. The summed E-state index contributed by atoms with van der Waals surface area (Å²) >= 11 is 1.40. The lowest BCUT2D eigenvalue weighted by molar-refractivity contribution is 0.0980. The zero-order valence-corrected chi connectivity index (χ0v) is 16.1. The van der Waals surface area contributed by atoms with Crippen molar-refractivity contribution in [1.29, 1.82) is 0 Å². The zero-order chi connectivity index (χ0) is 19.3. The molecule has 2 atom stereocenters. The van der Waals surface area contributed by atoms with Crippen LogP contribution in [0.5, 0.6) is 0 Å². The van der Waals surface area contributed by atoms with Gasteiger partial charge in [0, 0.05) is 17.0 Å². The molecule has 0 saturated heterocycles. The van der Waals surface area contributed by atoms with Gasteiger partial charge < -0.3 is 0 Å². The van der Waals surface area contributed by atoms with Crippen LogP contribution in [0.3, 0.4) is 0 Å². The Labute approximate surface area is 169 Å². The van der Waals surface area contributed by atoms with E-state index in [1.807, 2.05) is 84.9 Å². The summed E-state index contributed by atoms with van der Waals surface area (Å²) in [4.78, 5) is 26.9. The van der Waals surface area contributed by atoms with Crippen LogP contribution in [0.25, 0.3) is 0 Å². The van der Waals surface area contributed by atoms with Crippen molar-refractivity contribution in [3.63, 3.8) is 0 Å². The molecule has 1 aliphatic rings. The Bertz CT molecular complexity index is 994. The van der Waals surface area contributed by atoms with Gasteiger partial charge in [0.1, 0.15) is 0 Å². The predicted octanol–water partition coefficient (Wildman–Crippen LogP) is 5.93. The standard InChI is InChI=1S/C25H20O2S/c26-23(19-12-6-2-7-13-19)22-17-16-21(18-10-4-1-5-11-18)25(28-22)24(27)20-14-8-3-9-15-20/h1-15,17,21,25H,16H2/t21-,25+/m0/s1. The molecule has 3 heteroatoms. The van der Waals surface area contributed by atoms with Gasteiger partial charge in [-0.25, -0.2) is 0 Å². The van der Waals surface area contributed by atoms with Crippen molar-refractivity contribution < 1.29 is 9.59 Å². The molecule has 0 unspecified atom stereocenters. The van der Waals surface area contributed by atoms with Crippen LogP contribution in [0, 0.1) is 0 Å². The summed E-state index contributed by atoms with van der Waals surface area (Å²) in [5, 5.41) is -0.322. The van der Waals surface area contributed by atoms with Gasteiger partial charge in [0.2, 0.25) is 0 Å².